The number of rotatable bonds is 5. The summed E-state index contributed by atoms with van der Waals surface area (Å²) in [7, 11) is 0. The Morgan fingerprint density at radius 2 is 1.75 bits per heavy atom. The van der Waals surface area contributed by atoms with Gasteiger partial charge in [-0.1, -0.05) is 52.3 Å². The van der Waals surface area contributed by atoms with Gasteiger partial charge < -0.3 is 4.52 Å². The molecule has 2 atom stereocenters. The van der Waals surface area contributed by atoms with Gasteiger partial charge >= 0.3 is 0 Å². The fourth-order valence-corrected chi connectivity index (χ4v) is 4.05. The predicted octanol–water partition coefficient (Wildman–Crippen LogP) is 4.12. The van der Waals surface area contributed by atoms with Crippen molar-refractivity contribution in [3.8, 4) is 11.4 Å². The second-order valence-electron chi connectivity index (χ2n) is 7.97. The molecular formula is C22H19BrN6O3. The highest BCUT2D eigenvalue weighted by molar-refractivity contribution is 9.10. The summed E-state index contributed by atoms with van der Waals surface area (Å²) in [5.41, 5.74) is 2.46. The van der Waals surface area contributed by atoms with Crippen molar-refractivity contribution >= 4 is 33.4 Å². The van der Waals surface area contributed by atoms with Crippen molar-refractivity contribution in [2.24, 2.45) is 10.3 Å². The molecule has 32 heavy (non-hydrogen) atoms. The first-order chi connectivity index (χ1) is 15.4. The molecule has 1 fully saturated rings. The van der Waals surface area contributed by atoms with E-state index in [9.17, 15) is 9.59 Å². The van der Waals surface area contributed by atoms with E-state index < -0.39 is 12.1 Å². The summed E-state index contributed by atoms with van der Waals surface area (Å²) in [6.07, 6.45) is 0. The number of nitrogens with zero attached hydrogens (tertiary/aromatic N) is 6. The van der Waals surface area contributed by atoms with Crippen LogP contribution >= 0.6 is 15.9 Å². The smallest absolute Gasteiger partial charge is 0.263 e. The summed E-state index contributed by atoms with van der Waals surface area (Å²) < 4.78 is 6.29. The monoisotopic (exact) mass is 494 g/mol. The van der Waals surface area contributed by atoms with Crippen LogP contribution in [0, 0.1) is 0 Å². The Morgan fingerprint density at radius 1 is 1.03 bits per heavy atom. The Bertz CT molecular complexity index is 1210. The third-order valence-electron chi connectivity index (χ3n) is 5.54. The number of halogens is 1. The van der Waals surface area contributed by atoms with Gasteiger partial charge in [-0.25, -0.2) is 4.90 Å². The van der Waals surface area contributed by atoms with Crippen molar-refractivity contribution in [1.29, 1.82) is 0 Å². The Kier molecular flexibility index (Phi) is 5.09. The van der Waals surface area contributed by atoms with Crippen LogP contribution in [0.3, 0.4) is 0 Å². The molecule has 0 N–H and O–H groups in total. The molecule has 10 heteroatoms. The van der Waals surface area contributed by atoms with Crippen LogP contribution < -0.4 is 4.90 Å². The van der Waals surface area contributed by atoms with Gasteiger partial charge in [0.05, 0.1) is 5.69 Å². The van der Waals surface area contributed by atoms with Crippen LogP contribution in [0.5, 0.6) is 0 Å². The van der Waals surface area contributed by atoms with E-state index in [0.29, 0.717) is 17.4 Å². The normalized spacial score (nSPS) is 20.0. The van der Waals surface area contributed by atoms with Gasteiger partial charge in [0.1, 0.15) is 6.54 Å². The molecule has 1 aromatic heterocycles. The minimum absolute atomic E-state index is 0.0767. The van der Waals surface area contributed by atoms with E-state index in [-0.39, 0.29) is 24.2 Å². The topological polar surface area (TPSA) is 104 Å². The average Bonchev–Trinajstić information content (AvgIpc) is 3.47. The van der Waals surface area contributed by atoms with Gasteiger partial charge in [0, 0.05) is 10.0 Å². The number of benzene rings is 2. The van der Waals surface area contributed by atoms with Crippen molar-refractivity contribution in [2.45, 2.75) is 38.4 Å². The van der Waals surface area contributed by atoms with Crippen LogP contribution in [0.15, 0.2) is 67.9 Å². The molecule has 2 aliphatic rings. The summed E-state index contributed by atoms with van der Waals surface area (Å²) in [6, 6.07) is 13.2. The van der Waals surface area contributed by atoms with E-state index in [2.05, 4.69) is 50.3 Å². The quantitative estimate of drug-likeness (QED) is 0.494. The Labute approximate surface area is 192 Å². The summed E-state index contributed by atoms with van der Waals surface area (Å²) in [5.74, 6) is 0.317. The molecule has 0 saturated carbocycles. The fraction of sp³-hybridized carbons (Fsp3) is 0.273. The van der Waals surface area contributed by atoms with Crippen LogP contribution in [0.2, 0.25) is 0 Å². The molecule has 3 heterocycles. The number of aromatic nitrogens is 2. The Hall–Kier alpha value is -3.40. The number of imide groups is 1. The van der Waals surface area contributed by atoms with Crippen molar-refractivity contribution in [3.05, 3.63) is 64.5 Å². The first-order valence-electron chi connectivity index (χ1n) is 10.2. The largest absolute Gasteiger partial charge is 0.337 e. The van der Waals surface area contributed by atoms with Crippen LogP contribution in [0.4, 0.5) is 5.69 Å². The highest BCUT2D eigenvalue weighted by Crippen LogP contribution is 2.33. The number of carbonyl (C=O) groups is 2. The van der Waals surface area contributed by atoms with Crippen molar-refractivity contribution in [3.63, 3.8) is 0 Å². The molecule has 2 amide bonds. The van der Waals surface area contributed by atoms with Crippen LogP contribution in [-0.2, 0) is 16.1 Å². The molecule has 2 aliphatic heterocycles. The maximum absolute atomic E-state index is 13.1. The van der Waals surface area contributed by atoms with E-state index in [4.69, 9.17) is 4.52 Å². The minimum atomic E-state index is -0.874. The zero-order valence-corrected chi connectivity index (χ0v) is 18.9. The highest BCUT2D eigenvalue weighted by Gasteiger charge is 2.55. The molecule has 0 bridgehead atoms. The lowest BCUT2D eigenvalue weighted by Gasteiger charge is -2.19. The Morgan fingerprint density at radius 3 is 2.44 bits per heavy atom. The van der Waals surface area contributed by atoms with E-state index in [1.165, 1.54) is 9.91 Å². The zero-order chi connectivity index (χ0) is 22.4. The molecule has 9 nitrogen and oxygen atoms in total. The molecule has 2 aromatic carbocycles. The van der Waals surface area contributed by atoms with Gasteiger partial charge in [-0.2, -0.15) is 10.1 Å². The second kappa shape index (κ2) is 7.94. The summed E-state index contributed by atoms with van der Waals surface area (Å²) in [5, 5.41) is 13.5. The van der Waals surface area contributed by atoms with Gasteiger partial charge in [0.2, 0.25) is 11.7 Å². The van der Waals surface area contributed by atoms with Crippen molar-refractivity contribution < 1.29 is 14.1 Å². The fourth-order valence-electron chi connectivity index (χ4n) is 3.79. The molecule has 1 saturated heterocycles. The average molecular weight is 495 g/mol. The first kappa shape index (κ1) is 20.5. The van der Waals surface area contributed by atoms with Crippen molar-refractivity contribution in [2.75, 3.05) is 4.90 Å². The number of hydrogen-bond acceptors (Lipinski definition) is 8. The molecule has 162 valence electrons. The van der Waals surface area contributed by atoms with E-state index in [0.717, 1.165) is 15.6 Å². The number of amides is 2. The van der Waals surface area contributed by atoms with Gasteiger partial charge in [0.15, 0.2) is 12.1 Å². The highest BCUT2D eigenvalue weighted by atomic mass is 79.9. The Balaban J connectivity index is 1.34. The van der Waals surface area contributed by atoms with Gasteiger partial charge in [-0.05, 0) is 47.9 Å². The van der Waals surface area contributed by atoms with Gasteiger partial charge in [0.25, 0.3) is 11.8 Å². The molecule has 0 unspecified atom stereocenters. The maximum atomic E-state index is 13.1. The van der Waals surface area contributed by atoms with Gasteiger partial charge in [-0.15, -0.1) is 0 Å². The molecule has 0 aliphatic carbocycles. The third kappa shape index (κ3) is 3.50. The summed E-state index contributed by atoms with van der Waals surface area (Å²) in [4.78, 5) is 31.6. The van der Waals surface area contributed by atoms with E-state index >= 15 is 0 Å². The molecule has 3 aromatic rings. The third-order valence-corrected chi connectivity index (χ3v) is 6.07. The second-order valence-corrected chi connectivity index (χ2v) is 8.88. The SMILES string of the molecule is CC(C)c1ccc(N2C(=O)[C@@H]3N=NN(Cc4nc(-c5ccc(Br)cc5)no4)[C@H]3C2=O)cc1. The van der Waals surface area contributed by atoms with E-state index in [1.807, 2.05) is 36.4 Å². The number of carbonyl (C=O) groups excluding carboxylic acids is 2. The zero-order valence-electron chi connectivity index (χ0n) is 17.3. The summed E-state index contributed by atoms with van der Waals surface area (Å²) >= 11 is 3.39. The predicted molar refractivity (Wildman–Crippen MR) is 118 cm³/mol. The molecule has 5 rings (SSSR count). The number of anilines is 1. The van der Waals surface area contributed by atoms with Crippen LogP contribution in [0.1, 0.15) is 31.2 Å². The van der Waals surface area contributed by atoms with Crippen LogP contribution in [-0.4, -0.2) is 39.0 Å². The van der Waals surface area contributed by atoms with E-state index in [1.54, 1.807) is 12.1 Å². The van der Waals surface area contributed by atoms with Gasteiger partial charge in [-0.3, -0.25) is 14.6 Å². The lowest BCUT2D eigenvalue weighted by atomic mass is 10.0. The standard InChI is InChI=1S/C22H19BrN6O3/c1-12(2)13-5-9-16(10-6-13)29-21(30)18-19(22(29)31)28(27-25-18)11-17-24-20(26-32-17)14-3-7-15(23)8-4-14/h3-10,12,18-19H,11H2,1-2H3/t18-,19-/m1/s1. The molecule has 0 spiro atoms. The van der Waals surface area contributed by atoms with Crippen molar-refractivity contribution in [1.82, 2.24) is 15.1 Å². The lowest BCUT2D eigenvalue weighted by Crippen LogP contribution is -2.39. The lowest BCUT2D eigenvalue weighted by molar-refractivity contribution is -0.123. The minimum Gasteiger partial charge on any atom is -0.337 e. The molecule has 0 radical (unpaired) electrons. The van der Waals surface area contributed by atoms with Crippen LogP contribution in [0.25, 0.3) is 11.4 Å². The first-order valence-corrected chi connectivity index (χ1v) is 11.0. The number of hydrogen-bond donors (Lipinski definition) is 0. The molecular weight excluding hydrogens is 476 g/mol. The summed E-state index contributed by atoms with van der Waals surface area (Å²) in [6.45, 7) is 4.25. The number of fused-ring (bicyclic) bond motifs is 1. The maximum Gasteiger partial charge on any atom is 0.263 e.